The van der Waals surface area contributed by atoms with Crippen molar-refractivity contribution < 1.29 is 22.7 Å². The molecule has 40 heavy (non-hydrogen) atoms. The van der Waals surface area contributed by atoms with E-state index in [4.69, 9.17) is 0 Å². The zero-order valence-corrected chi connectivity index (χ0v) is 22.2. The van der Waals surface area contributed by atoms with E-state index in [9.17, 15) is 18.0 Å². The van der Waals surface area contributed by atoms with Gasteiger partial charge in [-0.15, -0.1) is 23.4 Å². The molecule has 0 unspecified atom stereocenters. The lowest BCUT2D eigenvalue weighted by molar-refractivity contribution is -0.274. The molecule has 1 saturated carbocycles. The molecule has 0 atom stereocenters. The summed E-state index contributed by atoms with van der Waals surface area (Å²) in [6, 6.07) is 15.4. The molecule has 3 heterocycles. The molecule has 0 saturated heterocycles. The van der Waals surface area contributed by atoms with Crippen LogP contribution in [0.2, 0.25) is 0 Å². The topological polar surface area (TPSA) is 102 Å². The van der Waals surface area contributed by atoms with Crippen LogP contribution in [0.3, 0.4) is 0 Å². The fourth-order valence-electron chi connectivity index (χ4n) is 4.60. The largest absolute Gasteiger partial charge is 0.573 e. The molecule has 8 nitrogen and oxygen atoms in total. The molecule has 0 radical (unpaired) electrons. The summed E-state index contributed by atoms with van der Waals surface area (Å²) in [6.07, 6.45) is 2.47. The normalized spacial score (nSPS) is 16.7. The van der Waals surface area contributed by atoms with E-state index < -0.39 is 6.36 Å². The first-order valence-electron chi connectivity index (χ1n) is 12.9. The maximum absolute atomic E-state index is 12.4. The van der Waals surface area contributed by atoms with Crippen molar-refractivity contribution in [3.05, 3.63) is 88.8 Å². The van der Waals surface area contributed by atoms with E-state index in [1.54, 1.807) is 18.3 Å². The molecule has 1 aliphatic rings. The number of anilines is 2. The first-order valence-corrected chi connectivity index (χ1v) is 13.7. The third kappa shape index (κ3) is 7.98. The standard InChI is InChI=1S/C28H27F3N6O2S/c29-28(30,31)39-23-6-3-4-18(15-23)9-11-33-24-8-7-19(17-34-24)12-20-13-21(14-20)26-36-37-27(40-26)35-25(38)16-22-5-1-2-10-32-22/h1-8,10,15,17,20-21H,9,11-14,16H2,(H,33,34)(H,35,37,38). The van der Waals surface area contributed by atoms with Crippen molar-refractivity contribution in [1.29, 1.82) is 0 Å². The Balaban J connectivity index is 1.02. The van der Waals surface area contributed by atoms with Crippen molar-refractivity contribution in [2.45, 2.75) is 44.4 Å². The van der Waals surface area contributed by atoms with Crippen molar-refractivity contribution >= 4 is 28.2 Å². The molecular formula is C28H27F3N6O2S. The van der Waals surface area contributed by atoms with E-state index in [1.165, 1.54) is 23.5 Å². The summed E-state index contributed by atoms with van der Waals surface area (Å²) in [7, 11) is 0. The molecule has 1 aliphatic carbocycles. The monoisotopic (exact) mass is 568 g/mol. The van der Waals surface area contributed by atoms with Gasteiger partial charge in [-0.2, -0.15) is 0 Å². The molecule has 0 bridgehead atoms. The predicted molar refractivity (Wildman–Crippen MR) is 145 cm³/mol. The zero-order valence-electron chi connectivity index (χ0n) is 21.4. The minimum Gasteiger partial charge on any atom is -0.406 e. The van der Waals surface area contributed by atoms with E-state index in [1.807, 2.05) is 36.5 Å². The molecule has 2 N–H and O–H groups in total. The number of hydrogen-bond acceptors (Lipinski definition) is 8. The van der Waals surface area contributed by atoms with Gasteiger partial charge in [-0.3, -0.25) is 9.78 Å². The number of nitrogens with zero attached hydrogens (tertiary/aromatic N) is 4. The molecule has 5 rings (SSSR count). The third-order valence-corrected chi connectivity index (χ3v) is 7.54. The second kappa shape index (κ2) is 12.4. The van der Waals surface area contributed by atoms with Crippen LogP contribution in [0.15, 0.2) is 67.0 Å². The lowest BCUT2D eigenvalue weighted by Crippen LogP contribution is -2.23. The molecule has 4 aromatic rings. The van der Waals surface area contributed by atoms with Crippen LogP contribution in [0, 0.1) is 5.92 Å². The van der Waals surface area contributed by atoms with Gasteiger partial charge in [-0.05, 0) is 73.1 Å². The Morgan fingerprint density at radius 2 is 1.90 bits per heavy atom. The van der Waals surface area contributed by atoms with Gasteiger partial charge in [0.25, 0.3) is 0 Å². The smallest absolute Gasteiger partial charge is 0.406 e. The maximum atomic E-state index is 12.4. The Labute approximate surface area is 233 Å². The number of carbonyl (C=O) groups is 1. The molecular weight excluding hydrogens is 541 g/mol. The van der Waals surface area contributed by atoms with Gasteiger partial charge in [0.15, 0.2) is 0 Å². The molecule has 3 aromatic heterocycles. The Morgan fingerprint density at radius 3 is 2.65 bits per heavy atom. The Morgan fingerprint density at radius 1 is 1.02 bits per heavy atom. The number of nitrogens with one attached hydrogen (secondary N) is 2. The summed E-state index contributed by atoms with van der Waals surface area (Å²) in [5, 5.41) is 15.9. The highest BCUT2D eigenvalue weighted by Gasteiger charge is 2.33. The SMILES string of the molecule is O=C(Cc1ccccn1)Nc1nnc(C2CC(Cc3ccc(NCCc4cccc(OC(F)(F)F)c4)nc3)C2)s1. The van der Waals surface area contributed by atoms with Gasteiger partial charge in [0.1, 0.15) is 16.6 Å². The summed E-state index contributed by atoms with van der Waals surface area (Å²) in [5.41, 5.74) is 2.58. The third-order valence-electron chi connectivity index (χ3n) is 6.54. The van der Waals surface area contributed by atoms with Crippen LogP contribution in [-0.2, 0) is 24.1 Å². The number of alkyl halides is 3. The fraction of sp³-hybridized carbons (Fsp3) is 0.321. The summed E-state index contributed by atoms with van der Waals surface area (Å²) < 4.78 is 41.2. The molecule has 208 valence electrons. The Kier molecular flexibility index (Phi) is 8.54. The Bertz CT molecular complexity index is 1410. The number of carbonyl (C=O) groups excluding carboxylic acids is 1. The Hall–Kier alpha value is -4.06. The van der Waals surface area contributed by atoms with Crippen molar-refractivity contribution in [3.8, 4) is 5.75 Å². The first-order chi connectivity index (χ1) is 19.3. The minimum atomic E-state index is -4.70. The summed E-state index contributed by atoms with van der Waals surface area (Å²) >= 11 is 1.42. The van der Waals surface area contributed by atoms with Gasteiger partial charge < -0.3 is 15.4 Å². The van der Waals surface area contributed by atoms with Gasteiger partial charge >= 0.3 is 6.36 Å². The fourth-order valence-corrected chi connectivity index (χ4v) is 5.49. The van der Waals surface area contributed by atoms with Gasteiger partial charge in [0.05, 0.1) is 6.42 Å². The summed E-state index contributed by atoms with van der Waals surface area (Å²) in [4.78, 5) is 20.9. The number of aromatic nitrogens is 4. The summed E-state index contributed by atoms with van der Waals surface area (Å²) in [5.74, 6) is 1.20. The van der Waals surface area contributed by atoms with Gasteiger partial charge in [0.2, 0.25) is 11.0 Å². The van der Waals surface area contributed by atoms with Crippen molar-refractivity contribution in [2.24, 2.45) is 5.92 Å². The van der Waals surface area contributed by atoms with Crippen LogP contribution >= 0.6 is 11.3 Å². The number of halogens is 3. The van der Waals surface area contributed by atoms with Crippen LogP contribution in [-0.4, -0.2) is 39.0 Å². The number of ether oxygens (including phenoxy) is 1. The van der Waals surface area contributed by atoms with Crippen LogP contribution in [0.1, 0.15) is 40.6 Å². The molecule has 1 fully saturated rings. The lowest BCUT2D eigenvalue weighted by Gasteiger charge is -2.33. The van der Waals surface area contributed by atoms with E-state index >= 15 is 0 Å². The molecule has 0 spiro atoms. The van der Waals surface area contributed by atoms with Gasteiger partial charge in [-0.25, -0.2) is 4.98 Å². The van der Waals surface area contributed by atoms with Crippen LogP contribution < -0.4 is 15.4 Å². The summed E-state index contributed by atoms with van der Waals surface area (Å²) in [6.45, 7) is 0.527. The zero-order chi connectivity index (χ0) is 28.0. The molecule has 1 aromatic carbocycles. The average Bonchev–Trinajstić information content (AvgIpc) is 3.34. The van der Waals surface area contributed by atoms with Crippen LogP contribution in [0.4, 0.5) is 24.1 Å². The number of benzene rings is 1. The second-order valence-corrected chi connectivity index (χ2v) is 10.7. The minimum absolute atomic E-state index is 0.164. The first kappa shape index (κ1) is 27.5. The number of amides is 1. The van der Waals surface area contributed by atoms with E-state index in [2.05, 4.69) is 35.5 Å². The van der Waals surface area contributed by atoms with Crippen molar-refractivity contribution in [1.82, 2.24) is 20.2 Å². The quantitative estimate of drug-likeness (QED) is 0.236. The van der Waals surface area contributed by atoms with Crippen molar-refractivity contribution in [3.63, 3.8) is 0 Å². The second-order valence-electron chi connectivity index (χ2n) is 9.65. The van der Waals surface area contributed by atoms with E-state index in [0.717, 1.165) is 35.4 Å². The maximum Gasteiger partial charge on any atom is 0.573 e. The number of pyridine rings is 2. The van der Waals surface area contributed by atoms with Gasteiger partial charge in [-0.1, -0.05) is 35.6 Å². The lowest BCUT2D eigenvalue weighted by atomic mass is 9.72. The average molecular weight is 569 g/mol. The highest BCUT2D eigenvalue weighted by molar-refractivity contribution is 7.15. The van der Waals surface area contributed by atoms with Crippen LogP contribution in [0.25, 0.3) is 0 Å². The molecule has 1 amide bonds. The van der Waals surface area contributed by atoms with Gasteiger partial charge in [0, 0.05) is 30.6 Å². The molecule has 0 aliphatic heterocycles. The number of hydrogen-bond donors (Lipinski definition) is 2. The predicted octanol–water partition coefficient (Wildman–Crippen LogP) is 5.80. The highest BCUT2D eigenvalue weighted by atomic mass is 32.1. The van der Waals surface area contributed by atoms with Crippen LogP contribution in [0.5, 0.6) is 5.75 Å². The van der Waals surface area contributed by atoms with E-state index in [-0.39, 0.29) is 18.1 Å². The van der Waals surface area contributed by atoms with Crippen molar-refractivity contribution in [2.75, 3.05) is 17.2 Å². The number of rotatable bonds is 11. The highest BCUT2D eigenvalue weighted by Crippen LogP contribution is 2.44. The molecule has 12 heteroatoms. The van der Waals surface area contributed by atoms with E-state index in [0.29, 0.717) is 41.4 Å².